The average Bonchev–Trinajstić information content (AvgIpc) is 2.42. The third-order valence-electron chi connectivity index (χ3n) is 2.42. The predicted octanol–water partition coefficient (Wildman–Crippen LogP) is 2.25. The minimum Gasteiger partial charge on any atom is -0.354 e. The van der Waals surface area contributed by atoms with E-state index in [9.17, 15) is 14.9 Å². The normalized spacial score (nSPS) is 10.7. The van der Waals surface area contributed by atoms with Crippen LogP contribution in [0.25, 0.3) is 0 Å². The molecular weight excluding hydrogens is 311 g/mol. The molecule has 0 spiro atoms. The molecule has 1 aromatic carbocycles. The van der Waals surface area contributed by atoms with Crippen LogP contribution in [0.1, 0.15) is 10.4 Å². The largest absolute Gasteiger partial charge is 0.354 e. The van der Waals surface area contributed by atoms with E-state index in [1.807, 2.05) is 0 Å². The number of hydrogen-bond acceptors (Lipinski definition) is 5. The fraction of sp³-hybridized carbons (Fsp3) is 0.364. The number of nitro benzene ring substituents is 1. The van der Waals surface area contributed by atoms with Crippen LogP contribution in [0, 0.1) is 10.1 Å². The smallest absolute Gasteiger partial charge is 0.271 e. The van der Waals surface area contributed by atoms with Gasteiger partial charge in [0, 0.05) is 26.4 Å². The summed E-state index contributed by atoms with van der Waals surface area (Å²) in [6.07, 6.45) is -0.633. The first kappa shape index (κ1) is 16.6. The minimum absolute atomic E-state index is 0.0545. The highest BCUT2D eigenvalue weighted by molar-refractivity contribution is 6.44. The highest BCUT2D eigenvalue weighted by Crippen LogP contribution is 2.30. The van der Waals surface area contributed by atoms with E-state index in [-0.39, 0.29) is 27.8 Å². The third kappa shape index (κ3) is 4.04. The average molecular weight is 323 g/mol. The predicted molar refractivity (Wildman–Crippen MR) is 73.3 cm³/mol. The summed E-state index contributed by atoms with van der Waals surface area (Å²) in [6, 6.07) is 2.13. The first-order valence-electron chi connectivity index (χ1n) is 5.38. The van der Waals surface area contributed by atoms with Crippen molar-refractivity contribution < 1.29 is 19.2 Å². The summed E-state index contributed by atoms with van der Waals surface area (Å²) in [5, 5.41) is 13.1. The lowest BCUT2D eigenvalue weighted by atomic mass is 10.2. The molecule has 1 rings (SSSR count). The van der Waals surface area contributed by atoms with Gasteiger partial charge in [-0.1, -0.05) is 23.2 Å². The van der Waals surface area contributed by atoms with Crippen LogP contribution in [0.3, 0.4) is 0 Å². The van der Waals surface area contributed by atoms with Crippen molar-refractivity contribution in [2.45, 2.75) is 6.29 Å². The molecule has 0 aliphatic carbocycles. The van der Waals surface area contributed by atoms with Crippen molar-refractivity contribution >= 4 is 34.8 Å². The molecule has 0 radical (unpaired) electrons. The topological polar surface area (TPSA) is 90.7 Å². The monoisotopic (exact) mass is 322 g/mol. The Morgan fingerprint density at radius 3 is 2.50 bits per heavy atom. The van der Waals surface area contributed by atoms with Crippen molar-refractivity contribution in [2.24, 2.45) is 0 Å². The maximum absolute atomic E-state index is 11.9. The molecule has 0 unspecified atom stereocenters. The summed E-state index contributed by atoms with van der Waals surface area (Å²) in [6.45, 7) is 0.0580. The van der Waals surface area contributed by atoms with Gasteiger partial charge in [-0.2, -0.15) is 0 Å². The SMILES string of the molecule is COC(CNC(=O)c1cc([N+](=O)[O-])cc(Cl)c1Cl)OC. The molecule has 7 nitrogen and oxygen atoms in total. The van der Waals surface area contributed by atoms with Crippen LogP contribution < -0.4 is 5.32 Å². The van der Waals surface area contributed by atoms with E-state index in [4.69, 9.17) is 32.7 Å². The van der Waals surface area contributed by atoms with Crippen LogP contribution in [-0.4, -0.2) is 37.9 Å². The quantitative estimate of drug-likeness (QED) is 0.492. The maximum Gasteiger partial charge on any atom is 0.271 e. The fourth-order valence-electron chi connectivity index (χ4n) is 1.38. The Morgan fingerprint density at radius 2 is 2.00 bits per heavy atom. The van der Waals surface area contributed by atoms with Crippen LogP contribution >= 0.6 is 23.2 Å². The van der Waals surface area contributed by atoms with Gasteiger partial charge in [0.25, 0.3) is 11.6 Å². The van der Waals surface area contributed by atoms with Crippen LogP contribution in [0.4, 0.5) is 5.69 Å². The second-order valence-corrected chi connectivity index (χ2v) is 4.44. The van der Waals surface area contributed by atoms with Gasteiger partial charge in [-0.15, -0.1) is 0 Å². The van der Waals surface area contributed by atoms with Crippen LogP contribution in [0.15, 0.2) is 12.1 Å². The number of nitro groups is 1. The molecule has 9 heteroatoms. The summed E-state index contributed by atoms with van der Waals surface area (Å²) in [7, 11) is 2.83. The fourth-order valence-corrected chi connectivity index (χ4v) is 1.79. The van der Waals surface area contributed by atoms with Crippen molar-refractivity contribution in [3.05, 3.63) is 37.9 Å². The van der Waals surface area contributed by atoms with Gasteiger partial charge in [-0.25, -0.2) is 0 Å². The van der Waals surface area contributed by atoms with Gasteiger partial charge in [0.2, 0.25) is 0 Å². The molecule has 0 aromatic heterocycles. The number of non-ortho nitro benzene ring substituents is 1. The van der Waals surface area contributed by atoms with Crippen molar-refractivity contribution in [2.75, 3.05) is 20.8 Å². The molecule has 1 aromatic rings. The zero-order valence-corrected chi connectivity index (χ0v) is 12.2. The molecule has 1 amide bonds. The van der Waals surface area contributed by atoms with Gasteiger partial charge in [0.05, 0.1) is 27.1 Å². The van der Waals surface area contributed by atoms with Crippen molar-refractivity contribution in [3.8, 4) is 0 Å². The highest BCUT2D eigenvalue weighted by Gasteiger charge is 2.20. The Hall–Kier alpha value is -1.41. The van der Waals surface area contributed by atoms with E-state index in [0.717, 1.165) is 12.1 Å². The van der Waals surface area contributed by atoms with Crippen LogP contribution in [-0.2, 0) is 9.47 Å². The second-order valence-electron chi connectivity index (χ2n) is 3.66. The molecule has 20 heavy (non-hydrogen) atoms. The second kappa shape index (κ2) is 7.39. The van der Waals surface area contributed by atoms with E-state index in [1.165, 1.54) is 14.2 Å². The molecule has 1 N–H and O–H groups in total. The first-order valence-corrected chi connectivity index (χ1v) is 6.13. The Kier molecular flexibility index (Phi) is 6.15. The van der Waals surface area contributed by atoms with E-state index in [2.05, 4.69) is 5.32 Å². The molecule has 0 aliphatic rings. The number of halogens is 2. The number of carbonyl (C=O) groups is 1. The lowest BCUT2D eigenvalue weighted by molar-refractivity contribution is -0.384. The number of nitrogens with one attached hydrogen (secondary N) is 1. The molecule has 0 bridgehead atoms. The van der Waals surface area contributed by atoms with Crippen molar-refractivity contribution in [1.82, 2.24) is 5.32 Å². The molecule has 0 saturated heterocycles. The first-order chi connectivity index (χ1) is 9.40. The number of rotatable bonds is 6. The Morgan fingerprint density at radius 1 is 1.40 bits per heavy atom. The number of methoxy groups -OCH3 is 2. The molecule has 0 aliphatic heterocycles. The van der Waals surface area contributed by atoms with E-state index in [1.54, 1.807) is 0 Å². The molecule has 0 saturated carbocycles. The summed E-state index contributed by atoms with van der Waals surface area (Å²) in [5.41, 5.74) is -0.406. The standard InChI is InChI=1S/C11H12Cl2N2O5/c1-19-9(20-2)5-14-11(16)7-3-6(15(17)18)4-8(12)10(7)13/h3-4,9H,5H2,1-2H3,(H,14,16). The van der Waals surface area contributed by atoms with E-state index in [0.29, 0.717) is 0 Å². The number of nitrogens with zero attached hydrogens (tertiary/aromatic N) is 1. The van der Waals surface area contributed by atoms with Crippen molar-refractivity contribution in [3.63, 3.8) is 0 Å². The number of amides is 1. The lowest BCUT2D eigenvalue weighted by Gasteiger charge is -2.14. The van der Waals surface area contributed by atoms with Gasteiger partial charge in [-0.05, 0) is 0 Å². The van der Waals surface area contributed by atoms with Gasteiger partial charge in [-0.3, -0.25) is 14.9 Å². The Bertz CT molecular complexity index is 520. The van der Waals surface area contributed by atoms with Gasteiger partial charge < -0.3 is 14.8 Å². The third-order valence-corrected chi connectivity index (χ3v) is 3.23. The van der Waals surface area contributed by atoms with Crippen molar-refractivity contribution in [1.29, 1.82) is 0 Å². The Labute approximate surface area is 124 Å². The number of ether oxygens (including phenoxy) is 2. The zero-order valence-electron chi connectivity index (χ0n) is 10.7. The van der Waals surface area contributed by atoms with Gasteiger partial charge >= 0.3 is 0 Å². The molecule has 0 atom stereocenters. The number of carbonyl (C=O) groups excluding carboxylic acids is 1. The van der Waals surface area contributed by atoms with Gasteiger partial charge in [0.1, 0.15) is 0 Å². The molecule has 0 fully saturated rings. The molecule has 0 heterocycles. The lowest BCUT2D eigenvalue weighted by Crippen LogP contribution is -2.34. The Balaban J connectivity index is 2.95. The molecule has 110 valence electrons. The van der Waals surface area contributed by atoms with Crippen LogP contribution in [0.5, 0.6) is 0 Å². The van der Waals surface area contributed by atoms with Crippen LogP contribution in [0.2, 0.25) is 10.0 Å². The summed E-state index contributed by atoms with van der Waals surface area (Å²) < 4.78 is 9.79. The van der Waals surface area contributed by atoms with E-state index >= 15 is 0 Å². The number of hydrogen-bond donors (Lipinski definition) is 1. The summed E-state index contributed by atoms with van der Waals surface area (Å²) in [4.78, 5) is 22.0. The van der Waals surface area contributed by atoms with E-state index < -0.39 is 17.1 Å². The highest BCUT2D eigenvalue weighted by atomic mass is 35.5. The summed E-state index contributed by atoms with van der Waals surface area (Å²) >= 11 is 11.6. The molecular formula is C11H12Cl2N2O5. The minimum atomic E-state index is -0.661. The zero-order chi connectivity index (χ0) is 15.3. The summed E-state index contributed by atoms with van der Waals surface area (Å²) in [5.74, 6) is -0.611. The van der Waals surface area contributed by atoms with Gasteiger partial charge in [0.15, 0.2) is 6.29 Å². The maximum atomic E-state index is 11.9. The number of benzene rings is 1.